The largest absolute Gasteiger partial charge is 0.481 e. The van der Waals surface area contributed by atoms with Crippen LogP contribution in [-0.2, 0) is 4.74 Å². The molecule has 2 bridgehead atoms. The minimum absolute atomic E-state index is 0.0128. The summed E-state index contributed by atoms with van der Waals surface area (Å²) >= 11 is 0. The molecule has 0 radical (unpaired) electrons. The van der Waals surface area contributed by atoms with E-state index in [0.29, 0.717) is 5.92 Å². The molecule has 3 atom stereocenters. The van der Waals surface area contributed by atoms with Gasteiger partial charge in [0.05, 0.1) is 17.6 Å². The fourth-order valence-electron chi connectivity index (χ4n) is 2.65. The van der Waals surface area contributed by atoms with Crippen molar-refractivity contribution in [2.75, 3.05) is 6.61 Å². The molecule has 6 heteroatoms. The van der Waals surface area contributed by atoms with E-state index in [9.17, 15) is 14.5 Å². The summed E-state index contributed by atoms with van der Waals surface area (Å²) in [5, 5.41) is 10.8. The Balaban J connectivity index is 1.83. The number of nitrogens with zero attached hydrogens (tertiary/aromatic N) is 1. The van der Waals surface area contributed by atoms with Crippen LogP contribution in [0.4, 0.5) is 10.1 Å². The van der Waals surface area contributed by atoms with Gasteiger partial charge in [-0.25, -0.2) is 4.39 Å². The van der Waals surface area contributed by atoms with Gasteiger partial charge in [0.2, 0.25) is 0 Å². The Kier molecular flexibility index (Phi) is 2.66. The molecule has 1 aliphatic carbocycles. The SMILES string of the molecule is O=[N+]([O-])c1ccc(F)cc1OC1CC2COC1C2. The van der Waals surface area contributed by atoms with E-state index in [1.807, 2.05) is 0 Å². The zero-order valence-electron chi connectivity index (χ0n) is 9.54. The highest BCUT2D eigenvalue weighted by Crippen LogP contribution is 2.39. The van der Waals surface area contributed by atoms with Crippen LogP contribution in [0, 0.1) is 21.8 Å². The van der Waals surface area contributed by atoms with Gasteiger partial charge in [0.1, 0.15) is 11.9 Å². The summed E-state index contributed by atoms with van der Waals surface area (Å²) < 4.78 is 24.2. The lowest BCUT2D eigenvalue weighted by atomic mass is 10.1. The zero-order valence-corrected chi connectivity index (χ0v) is 9.54. The van der Waals surface area contributed by atoms with E-state index >= 15 is 0 Å². The Morgan fingerprint density at radius 1 is 1.44 bits per heavy atom. The van der Waals surface area contributed by atoms with Gasteiger partial charge in [-0.05, 0) is 24.8 Å². The number of halogens is 1. The molecule has 3 rings (SSSR count). The quantitative estimate of drug-likeness (QED) is 0.612. The van der Waals surface area contributed by atoms with Crippen molar-refractivity contribution in [1.29, 1.82) is 0 Å². The van der Waals surface area contributed by atoms with Gasteiger partial charge in [-0.15, -0.1) is 0 Å². The summed E-state index contributed by atoms with van der Waals surface area (Å²) in [5.41, 5.74) is -0.209. The number of hydrogen-bond donors (Lipinski definition) is 0. The van der Waals surface area contributed by atoms with Crippen LogP contribution in [-0.4, -0.2) is 23.7 Å². The van der Waals surface area contributed by atoms with E-state index in [0.717, 1.165) is 37.6 Å². The molecule has 1 heterocycles. The van der Waals surface area contributed by atoms with Crippen molar-refractivity contribution in [3.8, 4) is 5.75 Å². The summed E-state index contributed by atoms with van der Waals surface area (Å²) in [6.07, 6.45) is 1.52. The Hall–Kier alpha value is -1.69. The van der Waals surface area contributed by atoms with E-state index < -0.39 is 10.7 Å². The maximum absolute atomic E-state index is 13.1. The van der Waals surface area contributed by atoms with Crippen molar-refractivity contribution >= 4 is 5.69 Å². The number of hydrogen-bond acceptors (Lipinski definition) is 4. The van der Waals surface area contributed by atoms with Crippen molar-refractivity contribution in [2.24, 2.45) is 5.92 Å². The van der Waals surface area contributed by atoms with Crippen LogP contribution in [0.5, 0.6) is 5.75 Å². The van der Waals surface area contributed by atoms with Gasteiger partial charge < -0.3 is 9.47 Å². The molecule has 1 aromatic rings. The average Bonchev–Trinajstić information content (AvgIpc) is 2.90. The second-order valence-corrected chi connectivity index (χ2v) is 4.73. The predicted molar refractivity (Wildman–Crippen MR) is 59.9 cm³/mol. The fourth-order valence-corrected chi connectivity index (χ4v) is 2.65. The lowest BCUT2D eigenvalue weighted by Crippen LogP contribution is -2.30. The van der Waals surface area contributed by atoms with Crippen LogP contribution in [0.15, 0.2) is 18.2 Å². The van der Waals surface area contributed by atoms with Crippen LogP contribution in [0.2, 0.25) is 0 Å². The smallest absolute Gasteiger partial charge is 0.311 e. The van der Waals surface area contributed by atoms with E-state index in [2.05, 4.69) is 0 Å². The van der Waals surface area contributed by atoms with E-state index in [4.69, 9.17) is 9.47 Å². The minimum Gasteiger partial charge on any atom is -0.481 e. The van der Waals surface area contributed by atoms with Gasteiger partial charge in [-0.3, -0.25) is 10.1 Å². The van der Waals surface area contributed by atoms with Gasteiger partial charge in [0.25, 0.3) is 0 Å². The highest BCUT2D eigenvalue weighted by molar-refractivity contribution is 5.46. The normalized spacial score (nSPS) is 29.5. The molecule has 1 saturated carbocycles. The van der Waals surface area contributed by atoms with Gasteiger partial charge in [-0.1, -0.05) is 0 Å². The van der Waals surface area contributed by atoms with Crippen molar-refractivity contribution in [3.63, 3.8) is 0 Å². The summed E-state index contributed by atoms with van der Waals surface area (Å²) in [5.74, 6) is -0.0894. The van der Waals surface area contributed by atoms with Gasteiger partial charge in [0.15, 0.2) is 5.75 Å². The van der Waals surface area contributed by atoms with Crippen LogP contribution in [0.1, 0.15) is 12.8 Å². The Bertz CT molecular complexity index is 493. The van der Waals surface area contributed by atoms with Crippen LogP contribution in [0.25, 0.3) is 0 Å². The molecule has 0 amide bonds. The maximum atomic E-state index is 13.1. The van der Waals surface area contributed by atoms with Crippen molar-refractivity contribution in [2.45, 2.75) is 25.0 Å². The average molecular weight is 253 g/mol. The molecule has 2 fully saturated rings. The standard InChI is InChI=1S/C12H12FNO4/c13-8-1-2-9(14(15)16)10(5-8)18-12-4-7-3-11(12)17-6-7/h1-2,5,7,11-12H,3-4,6H2. The maximum Gasteiger partial charge on any atom is 0.311 e. The third-order valence-corrected chi connectivity index (χ3v) is 3.49. The van der Waals surface area contributed by atoms with Gasteiger partial charge in [0, 0.05) is 12.1 Å². The first-order valence-corrected chi connectivity index (χ1v) is 5.85. The minimum atomic E-state index is -0.567. The second kappa shape index (κ2) is 4.20. The third kappa shape index (κ3) is 1.92. The molecule has 96 valence electrons. The van der Waals surface area contributed by atoms with Crippen LogP contribution >= 0.6 is 0 Å². The summed E-state index contributed by atoms with van der Waals surface area (Å²) in [6.45, 7) is 0.732. The number of fused-ring (bicyclic) bond motifs is 2. The summed E-state index contributed by atoms with van der Waals surface area (Å²) in [6, 6.07) is 3.24. The summed E-state index contributed by atoms with van der Waals surface area (Å²) in [7, 11) is 0. The zero-order chi connectivity index (χ0) is 12.7. The first kappa shape index (κ1) is 11.4. The topological polar surface area (TPSA) is 61.6 Å². The molecule has 2 aliphatic rings. The van der Waals surface area contributed by atoms with E-state index in [1.165, 1.54) is 0 Å². The van der Waals surface area contributed by atoms with E-state index in [-0.39, 0.29) is 23.6 Å². The molecule has 1 aliphatic heterocycles. The molecule has 1 aromatic carbocycles. The molecule has 1 saturated heterocycles. The lowest BCUT2D eigenvalue weighted by molar-refractivity contribution is -0.386. The third-order valence-electron chi connectivity index (χ3n) is 3.49. The Labute approximate surface area is 103 Å². The number of benzene rings is 1. The fraction of sp³-hybridized carbons (Fsp3) is 0.500. The number of ether oxygens (including phenoxy) is 2. The molecule has 5 nitrogen and oxygen atoms in total. The highest BCUT2D eigenvalue weighted by atomic mass is 19.1. The molecular weight excluding hydrogens is 241 g/mol. The van der Waals surface area contributed by atoms with Crippen LogP contribution < -0.4 is 4.74 Å². The molecule has 0 aromatic heterocycles. The van der Waals surface area contributed by atoms with E-state index in [1.54, 1.807) is 0 Å². The first-order chi connectivity index (χ1) is 8.63. The highest BCUT2D eigenvalue weighted by Gasteiger charge is 2.43. The number of nitro benzene ring substituents is 1. The predicted octanol–water partition coefficient (Wildman–Crippen LogP) is 2.29. The molecule has 0 spiro atoms. The number of rotatable bonds is 3. The monoisotopic (exact) mass is 253 g/mol. The van der Waals surface area contributed by atoms with Gasteiger partial charge in [-0.2, -0.15) is 0 Å². The molecular formula is C12H12FNO4. The van der Waals surface area contributed by atoms with Crippen molar-refractivity contribution in [3.05, 3.63) is 34.1 Å². The molecule has 0 N–H and O–H groups in total. The van der Waals surface area contributed by atoms with Crippen molar-refractivity contribution in [1.82, 2.24) is 0 Å². The lowest BCUT2D eigenvalue weighted by Gasteiger charge is -2.23. The number of nitro groups is 1. The van der Waals surface area contributed by atoms with Crippen LogP contribution in [0.3, 0.4) is 0 Å². The van der Waals surface area contributed by atoms with Crippen molar-refractivity contribution < 1.29 is 18.8 Å². The molecule has 18 heavy (non-hydrogen) atoms. The first-order valence-electron chi connectivity index (χ1n) is 5.85. The Morgan fingerprint density at radius 2 is 2.28 bits per heavy atom. The second-order valence-electron chi connectivity index (χ2n) is 4.73. The Morgan fingerprint density at radius 3 is 2.89 bits per heavy atom. The molecule has 3 unspecified atom stereocenters. The van der Waals surface area contributed by atoms with Gasteiger partial charge >= 0.3 is 5.69 Å². The summed E-state index contributed by atoms with van der Waals surface area (Å²) in [4.78, 5) is 10.3.